The van der Waals surface area contributed by atoms with Gasteiger partial charge in [0.1, 0.15) is 0 Å². The van der Waals surface area contributed by atoms with Crippen LogP contribution in [0.15, 0.2) is 36.5 Å². The van der Waals surface area contributed by atoms with Crippen molar-refractivity contribution in [2.24, 2.45) is 5.92 Å². The van der Waals surface area contributed by atoms with Crippen LogP contribution in [0, 0.1) is 5.92 Å². The van der Waals surface area contributed by atoms with Crippen LogP contribution in [0.4, 0.5) is 13.2 Å². The number of hydrogen-bond donors (Lipinski definition) is 1. The van der Waals surface area contributed by atoms with Gasteiger partial charge in [0.2, 0.25) is 0 Å². The molecule has 2 aromatic rings. The average Bonchev–Trinajstić information content (AvgIpc) is 2.97. The number of aromatic nitrogens is 3. The lowest BCUT2D eigenvalue weighted by atomic mass is 9.90. The zero-order chi connectivity index (χ0) is 14.9. The predicted octanol–water partition coefficient (Wildman–Crippen LogP) is 2.87. The van der Waals surface area contributed by atoms with Gasteiger partial charge in [0.15, 0.2) is 0 Å². The third kappa shape index (κ3) is 2.92. The largest absolute Gasteiger partial charge is 0.391 e. The number of halogens is 3. The Bertz CT molecular complexity index is 594. The van der Waals surface area contributed by atoms with E-state index in [0.29, 0.717) is 12.2 Å². The molecule has 0 radical (unpaired) electrons. The van der Waals surface area contributed by atoms with E-state index in [-0.39, 0.29) is 18.9 Å². The van der Waals surface area contributed by atoms with E-state index < -0.39 is 12.1 Å². The second-order valence-corrected chi connectivity index (χ2v) is 5.18. The highest BCUT2D eigenvalue weighted by Crippen LogP contribution is 2.38. The van der Waals surface area contributed by atoms with Crippen molar-refractivity contribution in [1.29, 1.82) is 0 Å². The quantitative estimate of drug-likeness (QED) is 0.926. The van der Waals surface area contributed by atoms with E-state index in [4.69, 9.17) is 0 Å². The number of benzene rings is 1. The fourth-order valence-electron chi connectivity index (χ4n) is 2.69. The van der Waals surface area contributed by atoms with Crippen LogP contribution >= 0.6 is 0 Å². The third-order valence-electron chi connectivity index (χ3n) is 3.80. The van der Waals surface area contributed by atoms with E-state index in [1.165, 1.54) is 6.20 Å². The van der Waals surface area contributed by atoms with E-state index in [9.17, 15) is 13.2 Å². The number of nitrogens with zero attached hydrogens (tertiary/aromatic N) is 3. The first-order valence-corrected chi connectivity index (χ1v) is 6.82. The van der Waals surface area contributed by atoms with Gasteiger partial charge in [-0.25, -0.2) is 4.68 Å². The fraction of sp³-hybridized carbons (Fsp3) is 0.429. The van der Waals surface area contributed by atoms with Gasteiger partial charge in [0, 0.05) is 0 Å². The first kappa shape index (κ1) is 14.1. The molecule has 1 aliphatic heterocycles. The smallest absolute Gasteiger partial charge is 0.309 e. The molecule has 1 N–H and O–H groups in total. The molecule has 4 nitrogen and oxygen atoms in total. The zero-order valence-electron chi connectivity index (χ0n) is 11.2. The lowest BCUT2D eigenvalue weighted by Crippen LogP contribution is -2.38. The molecule has 0 aliphatic carbocycles. The fourth-order valence-corrected chi connectivity index (χ4v) is 2.69. The van der Waals surface area contributed by atoms with Gasteiger partial charge in [-0.3, -0.25) is 0 Å². The second kappa shape index (κ2) is 5.48. The molecule has 0 spiro atoms. The van der Waals surface area contributed by atoms with Gasteiger partial charge in [0.05, 0.1) is 29.5 Å². The minimum atomic E-state index is -4.15. The summed E-state index contributed by atoms with van der Waals surface area (Å²) in [6.45, 7) is 0.342. The SMILES string of the molecule is FC(F)(F)C1CCNC(c2cnnn2-c2ccccc2)C1. The summed E-state index contributed by atoms with van der Waals surface area (Å²) in [6.07, 6.45) is -2.48. The van der Waals surface area contributed by atoms with Crippen LogP contribution in [-0.4, -0.2) is 27.7 Å². The second-order valence-electron chi connectivity index (χ2n) is 5.18. The number of nitrogens with one attached hydrogen (secondary N) is 1. The molecule has 3 rings (SSSR count). The van der Waals surface area contributed by atoms with Crippen LogP contribution in [-0.2, 0) is 0 Å². The Morgan fingerprint density at radius 1 is 1.19 bits per heavy atom. The van der Waals surface area contributed by atoms with E-state index >= 15 is 0 Å². The van der Waals surface area contributed by atoms with E-state index in [1.54, 1.807) is 4.68 Å². The molecule has 2 unspecified atom stereocenters. The lowest BCUT2D eigenvalue weighted by molar-refractivity contribution is -0.183. The minimum absolute atomic E-state index is 0.0176. The molecule has 1 aromatic heterocycles. The topological polar surface area (TPSA) is 42.7 Å². The molecule has 1 fully saturated rings. The molecule has 0 amide bonds. The maximum absolute atomic E-state index is 12.9. The van der Waals surface area contributed by atoms with Crippen LogP contribution in [0.1, 0.15) is 24.6 Å². The van der Waals surface area contributed by atoms with Crippen molar-refractivity contribution in [3.8, 4) is 5.69 Å². The highest BCUT2D eigenvalue weighted by molar-refractivity contribution is 5.32. The Labute approximate surface area is 120 Å². The summed E-state index contributed by atoms with van der Waals surface area (Å²) in [6, 6.07) is 8.89. The van der Waals surface area contributed by atoms with Crippen LogP contribution in [0.2, 0.25) is 0 Å². The number of rotatable bonds is 2. The number of piperidine rings is 1. The highest BCUT2D eigenvalue weighted by Gasteiger charge is 2.43. The van der Waals surface area contributed by atoms with Gasteiger partial charge in [-0.15, -0.1) is 5.10 Å². The van der Waals surface area contributed by atoms with Gasteiger partial charge >= 0.3 is 6.18 Å². The average molecular weight is 296 g/mol. The molecule has 21 heavy (non-hydrogen) atoms. The third-order valence-corrected chi connectivity index (χ3v) is 3.80. The summed E-state index contributed by atoms with van der Waals surface area (Å²) >= 11 is 0. The molecule has 7 heteroatoms. The zero-order valence-corrected chi connectivity index (χ0v) is 11.2. The van der Waals surface area contributed by atoms with E-state index in [2.05, 4.69) is 15.6 Å². The van der Waals surface area contributed by atoms with Crippen molar-refractivity contribution in [3.63, 3.8) is 0 Å². The van der Waals surface area contributed by atoms with Crippen molar-refractivity contribution in [1.82, 2.24) is 20.3 Å². The van der Waals surface area contributed by atoms with Crippen molar-refractivity contribution < 1.29 is 13.2 Å². The van der Waals surface area contributed by atoms with Crippen molar-refractivity contribution >= 4 is 0 Å². The van der Waals surface area contributed by atoms with Crippen LogP contribution in [0.5, 0.6) is 0 Å². The lowest BCUT2D eigenvalue weighted by Gasteiger charge is -2.31. The Morgan fingerprint density at radius 2 is 1.95 bits per heavy atom. The van der Waals surface area contributed by atoms with Crippen molar-refractivity contribution in [2.75, 3.05) is 6.54 Å². The molecule has 1 aromatic carbocycles. The number of alkyl halides is 3. The standard InChI is InChI=1S/C14H15F3N4/c15-14(16,17)10-6-7-18-12(8-10)13-9-19-20-21(13)11-4-2-1-3-5-11/h1-5,9-10,12,18H,6-8H2. The van der Waals surface area contributed by atoms with Crippen LogP contribution < -0.4 is 5.32 Å². The Morgan fingerprint density at radius 3 is 2.67 bits per heavy atom. The predicted molar refractivity (Wildman–Crippen MR) is 70.9 cm³/mol. The Balaban J connectivity index is 1.87. The number of para-hydroxylation sites is 1. The maximum Gasteiger partial charge on any atom is 0.391 e. The summed E-state index contributed by atoms with van der Waals surface area (Å²) in [4.78, 5) is 0. The Kier molecular flexibility index (Phi) is 3.67. The molecule has 2 atom stereocenters. The first-order chi connectivity index (χ1) is 10.1. The summed E-state index contributed by atoms with van der Waals surface area (Å²) in [7, 11) is 0. The molecular weight excluding hydrogens is 281 g/mol. The minimum Gasteiger partial charge on any atom is -0.309 e. The molecule has 1 saturated heterocycles. The van der Waals surface area contributed by atoms with E-state index in [1.807, 2.05) is 30.3 Å². The van der Waals surface area contributed by atoms with Gasteiger partial charge in [-0.1, -0.05) is 23.4 Å². The molecular formula is C14H15F3N4. The summed E-state index contributed by atoms with van der Waals surface area (Å²) in [5, 5.41) is 11.0. The molecule has 0 bridgehead atoms. The molecule has 112 valence electrons. The maximum atomic E-state index is 12.9. The van der Waals surface area contributed by atoms with Crippen molar-refractivity contribution in [3.05, 3.63) is 42.2 Å². The van der Waals surface area contributed by atoms with Gasteiger partial charge in [-0.2, -0.15) is 13.2 Å². The molecule has 2 heterocycles. The molecule has 1 aliphatic rings. The van der Waals surface area contributed by atoms with Gasteiger partial charge in [0.25, 0.3) is 0 Å². The first-order valence-electron chi connectivity index (χ1n) is 6.82. The van der Waals surface area contributed by atoms with Crippen LogP contribution in [0.3, 0.4) is 0 Å². The van der Waals surface area contributed by atoms with Gasteiger partial charge in [-0.05, 0) is 31.5 Å². The monoisotopic (exact) mass is 296 g/mol. The summed E-state index contributed by atoms with van der Waals surface area (Å²) in [5.74, 6) is -1.28. The number of hydrogen-bond acceptors (Lipinski definition) is 3. The highest BCUT2D eigenvalue weighted by atomic mass is 19.4. The van der Waals surface area contributed by atoms with E-state index in [0.717, 1.165) is 5.69 Å². The van der Waals surface area contributed by atoms with Crippen molar-refractivity contribution in [2.45, 2.75) is 25.1 Å². The summed E-state index contributed by atoms with van der Waals surface area (Å²) in [5.41, 5.74) is 1.45. The Hall–Kier alpha value is -1.89. The van der Waals surface area contributed by atoms with Gasteiger partial charge < -0.3 is 5.32 Å². The summed E-state index contributed by atoms with van der Waals surface area (Å²) < 4.78 is 40.3. The molecule has 0 saturated carbocycles. The normalized spacial score (nSPS) is 23.2. The van der Waals surface area contributed by atoms with Crippen LogP contribution in [0.25, 0.3) is 5.69 Å².